The SMILES string of the molecule is CC1(C)O[C@@H]2O[C@@H]([C@H](O)CC#N)[C@@H](O)[C@@H]2O1. The highest BCUT2D eigenvalue weighted by atomic mass is 16.8. The quantitative estimate of drug-likeness (QED) is 0.663. The van der Waals surface area contributed by atoms with Crippen molar-refractivity contribution in [2.24, 2.45) is 0 Å². The van der Waals surface area contributed by atoms with Crippen LogP contribution in [0.3, 0.4) is 0 Å². The molecule has 2 N–H and O–H groups in total. The van der Waals surface area contributed by atoms with Crippen molar-refractivity contribution >= 4 is 0 Å². The molecule has 2 saturated heterocycles. The van der Waals surface area contributed by atoms with Gasteiger partial charge in [-0.25, -0.2) is 0 Å². The van der Waals surface area contributed by atoms with Gasteiger partial charge in [-0.1, -0.05) is 0 Å². The Morgan fingerprint density at radius 1 is 1.44 bits per heavy atom. The van der Waals surface area contributed by atoms with Crippen molar-refractivity contribution in [2.45, 2.75) is 56.8 Å². The molecule has 0 saturated carbocycles. The molecule has 2 fully saturated rings. The van der Waals surface area contributed by atoms with E-state index in [1.165, 1.54) is 0 Å². The molecule has 90 valence electrons. The third-order valence-corrected chi connectivity index (χ3v) is 2.73. The zero-order valence-electron chi connectivity index (χ0n) is 9.16. The van der Waals surface area contributed by atoms with Gasteiger partial charge in [0.25, 0.3) is 0 Å². The number of aliphatic hydroxyl groups excluding tert-OH is 2. The van der Waals surface area contributed by atoms with Crippen LogP contribution in [0.25, 0.3) is 0 Å². The fraction of sp³-hybridized carbons (Fsp3) is 0.900. The minimum Gasteiger partial charge on any atom is -0.389 e. The zero-order valence-corrected chi connectivity index (χ0v) is 9.16. The van der Waals surface area contributed by atoms with Gasteiger partial charge in [0, 0.05) is 0 Å². The summed E-state index contributed by atoms with van der Waals surface area (Å²) in [4.78, 5) is 0. The lowest BCUT2D eigenvalue weighted by Gasteiger charge is -2.24. The Bertz CT molecular complexity index is 313. The van der Waals surface area contributed by atoms with E-state index in [0.717, 1.165) is 0 Å². The first-order valence-electron chi connectivity index (χ1n) is 5.19. The Balaban J connectivity index is 2.03. The predicted molar refractivity (Wildman–Crippen MR) is 50.9 cm³/mol. The Kier molecular flexibility index (Phi) is 2.90. The van der Waals surface area contributed by atoms with Crippen LogP contribution >= 0.6 is 0 Å². The summed E-state index contributed by atoms with van der Waals surface area (Å²) in [6, 6.07) is 1.82. The molecule has 6 nitrogen and oxygen atoms in total. The van der Waals surface area contributed by atoms with Gasteiger partial charge in [-0.3, -0.25) is 0 Å². The fourth-order valence-corrected chi connectivity index (χ4v) is 2.04. The Morgan fingerprint density at radius 3 is 2.69 bits per heavy atom. The van der Waals surface area contributed by atoms with Crippen LogP contribution < -0.4 is 0 Å². The monoisotopic (exact) mass is 229 g/mol. The molecule has 2 aliphatic rings. The second kappa shape index (κ2) is 3.95. The second-order valence-corrected chi connectivity index (χ2v) is 4.49. The van der Waals surface area contributed by atoms with Gasteiger partial charge in [0.15, 0.2) is 12.1 Å². The van der Waals surface area contributed by atoms with E-state index in [1.54, 1.807) is 13.8 Å². The minimum atomic E-state index is -1.03. The maximum absolute atomic E-state index is 9.89. The molecule has 0 aliphatic carbocycles. The van der Waals surface area contributed by atoms with Gasteiger partial charge in [0.2, 0.25) is 0 Å². The van der Waals surface area contributed by atoms with Gasteiger partial charge >= 0.3 is 0 Å². The highest BCUT2D eigenvalue weighted by Gasteiger charge is 2.55. The van der Waals surface area contributed by atoms with Crippen LogP contribution in [0, 0.1) is 11.3 Å². The lowest BCUT2D eigenvalue weighted by molar-refractivity contribution is -0.225. The molecule has 0 aromatic rings. The molecule has 0 bridgehead atoms. The number of fused-ring (bicyclic) bond motifs is 1. The third-order valence-electron chi connectivity index (χ3n) is 2.73. The molecule has 0 unspecified atom stereocenters. The van der Waals surface area contributed by atoms with Crippen LogP contribution in [-0.2, 0) is 14.2 Å². The Morgan fingerprint density at radius 2 is 2.12 bits per heavy atom. The summed E-state index contributed by atoms with van der Waals surface area (Å²) >= 11 is 0. The molecule has 0 spiro atoms. The van der Waals surface area contributed by atoms with E-state index >= 15 is 0 Å². The number of nitrogens with zero attached hydrogens (tertiary/aromatic N) is 1. The lowest BCUT2D eigenvalue weighted by Crippen LogP contribution is -2.40. The van der Waals surface area contributed by atoms with Gasteiger partial charge in [0.1, 0.15) is 18.3 Å². The van der Waals surface area contributed by atoms with Crippen molar-refractivity contribution in [2.75, 3.05) is 0 Å². The van der Waals surface area contributed by atoms with E-state index in [2.05, 4.69) is 0 Å². The number of rotatable bonds is 2. The van der Waals surface area contributed by atoms with E-state index in [-0.39, 0.29) is 6.42 Å². The standard InChI is InChI=1S/C10H15NO5/c1-10(2)15-8-6(13)7(5(12)3-4-11)14-9(8)16-10/h5-9,12-13H,3H2,1-2H3/t5-,6-,7+,8+,9+/m1/s1. The summed E-state index contributed by atoms with van der Waals surface area (Å²) in [5.41, 5.74) is 0. The fourth-order valence-electron chi connectivity index (χ4n) is 2.04. The van der Waals surface area contributed by atoms with Crippen LogP contribution in [0.2, 0.25) is 0 Å². The molecule has 5 atom stereocenters. The van der Waals surface area contributed by atoms with Crippen LogP contribution in [0.15, 0.2) is 0 Å². The molecule has 0 aromatic carbocycles. The number of hydrogen-bond acceptors (Lipinski definition) is 6. The molecule has 0 aromatic heterocycles. The number of aliphatic hydroxyl groups is 2. The van der Waals surface area contributed by atoms with Gasteiger partial charge in [0.05, 0.1) is 18.6 Å². The van der Waals surface area contributed by atoms with Gasteiger partial charge < -0.3 is 24.4 Å². The smallest absolute Gasteiger partial charge is 0.190 e. The van der Waals surface area contributed by atoms with Crippen molar-refractivity contribution < 1.29 is 24.4 Å². The summed E-state index contributed by atoms with van der Waals surface area (Å²) in [5, 5.41) is 27.9. The summed E-state index contributed by atoms with van der Waals surface area (Å²) < 4.78 is 16.2. The largest absolute Gasteiger partial charge is 0.389 e. The van der Waals surface area contributed by atoms with Crippen LogP contribution in [0.4, 0.5) is 0 Å². The first-order chi connectivity index (χ1) is 7.44. The van der Waals surface area contributed by atoms with E-state index in [1.807, 2.05) is 6.07 Å². The molecular weight excluding hydrogens is 214 g/mol. The van der Waals surface area contributed by atoms with Crippen molar-refractivity contribution in [1.82, 2.24) is 0 Å². The van der Waals surface area contributed by atoms with E-state index in [9.17, 15) is 10.2 Å². The van der Waals surface area contributed by atoms with E-state index in [0.29, 0.717) is 0 Å². The number of nitriles is 1. The van der Waals surface area contributed by atoms with E-state index < -0.39 is 36.5 Å². The first-order valence-corrected chi connectivity index (χ1v) is 5.19. The summed E-state index contributed by atoms with van der Waals surface area (Å²) in [5.74, 6) is -0.790. The maximum atomic E-state index is 9.89. The Labute approximate surface area is 93.3 Å². The lowest BCUT2D eigenvalue weighted by atomic mass is 10.0. The van der Waals surface area contributed by atoms with Gasteiger partial charge in [-0.2, -0.15) is 5.26 Å². The maximum Gasteiger partial charge on any atom is 0.190 e. The molecule has 0 amide bonds. The summed E-state index contributed by atoms with van der Waals surface area (Å²) in [6.45, 7) is 3.45. The number of hydrogen-bond donors (Lipinski definition) is 2. The van der Waals surface area contributed by atoms with Crippen molar-refractivity contribution in [1.29, 1.82) is 5.26 Å². The summed E-state index contributed by atoms with van der Waals surface area (Å²) in [7, 11) is 0. The molecular formula is C10H15NO5. The van der Waals surface area contributed by atoms with Crippen molar-refractivity contribution in [3.63, 3.8) is 0 Å². The highest BCUT2D eigenvalue weighted by molar-refractivity contribution is 4.97. The van der Waals surface area contributed by atoms with Crippen LogP contribution in [0.1, 0.15) is 20.3 Å². The normalized spacial score (nSPS) is 42.7. The first kappa shape index (κ1) is 11.8. The van der Waals surface area contributed by atoms with Crippen LogP contribution in [-0.4, -0.2) is 46.7 Å². The molecule has 6 heteroatoms. The van der Waals surface area contributed by atoms with Crippen LogP contribution in [0.5, 0.6) is 0 Å². The highest BCUT2D eigenvalue weighted by Crippen LogP contribution is 2.38. The zero-order chi connectivity index (χ0) is 11.9. The molecule has 16 heavy (non-hydrogen) atoms. The average molecular weight is 229 g/mol. The minimum absolute atomic E-state index is 0.0927. The Hall–Kier alpha value is -0.710. The summed E-state index contributed by atoms with van der Waals surface area (Å²) in [6.07, 6.45) is -4.21. The van der Waals surface area contributed by atoms with Crippen molar-refractivity contribution in [3.8, 4) is 6.07 Å². The topological polar surface area (TPSA) is 91.9 Å². The number of ether oxygens (including phenoxy) is 3. The average Bonchev–Trinajstić information content (AvgIpc) is 2.62. The third kappa shape index (κ3) is 1.93. The molecule has 2 heterocycles. The molecule has 2 aliphatic heterocycles. The predicted octanol–water partition coefficient (Wildman–Crippen LogP) is -0.502. The van der Waals surface area contributed by atoms with E-state index in [4.69, 9.17) is 19.5 Å². The van der Waals surface area contributed by atoms with Gasteiger partial charge in [-0.05, 0) is 13.8 Å². The van der Waals surface area contributed by atoms with Crippen molar-refractivity contribution in [3.05, 3.63) is 0 Å². The van der Waals surface area contributed by atoms with Gasteiger partial charge in [-0.15, -0.1) is 0 Å². The molecule has 0 radical (unpaired) electrons. The second-order valence-electron chi connectivity index (χ2n) is 4.49. The molecule has 2 rings (SSSR count).